The van der Waals surface area contributed by atoms with E-state index in [1.165, 1.54) is 44.2 Å². The van der Waals surface area contributed by atoms with Gasteiger partial charge in [-0.15, -0.1) is 0 Å². The Labute approximate surface area is 94.9 Å². The van der Waals surface area contributed by atoms with Crippen LogP contribution in [-0.4, -0.2) is 6.54 Å². The molecule has 1 fully saturated rings. The van der Waals surface area contributed by atoms with Crippen molar-refractivity contribution in [2.24, 2.45) is 5.92 Å². The lowest BCUT2D eigenvalue weighted by molar-refractivity contribution is 0.373. The molecule has 0 heterocycles. The second kappa shape index (κ2) is 5.28. The summed E-state index contributed by atoms with van der Waals surface area (Å²) in [6.07, 6.45) is 6.34. The number of hydrogen-bond donors (Lipinski definition) is 1. The van der Waals surface area contributed by atoms with E-state index in [1.807, 2.05) is 0 Å². The van der Waals surface area contributed by atoms with E-state index in [1.54, 1.807) is 0 Å². The van der Waals surface area contributed by atoms with Crippen LogP contribution in [0.4, 0.5) is 14.5 Å². The second-order valence-corrected chi connectivity index (χ2v) is 4.54. The second-order valence-electron chi connectivity index (χ2n) is 4.54. The fourth-order valence-corrected chi connectivity index (χ4v) is 2.31. The summed E-state index contributed by atoms with van der Waals surface area (Å²) in [5.74, 6) is -0.391. The molecule has 1 N–H and O–H groups in total. The van der Waals surface area contributed by atoms with Crippen molar-refractivity contribution in [2.75, 3.05) is 11.9 Å². The van der Waals surface area contributed by atoms with Gasteiger partial charge >= 0.3 is 0 Å². The lowest BCUT2D eigenvalue weighted by Gasteiger charge is -2.22. The molecule has 0 unspecified atom stereocenters. The normalized spacial score (nSPS) is 17.4. The summed E-state index contributed by atoms with van der Waals surface area (Å²) in [5.41, 5.74) is 0.545. The number of rotatable bonds is 3. The van der Waals surface area contributed by atoms with E-state index in [2.05, 4.69) is 5.32 Å². The van der Waals surface area contributed by atoms with Crippen LogP contribution >= 0.6 is 0 Å². The molecule has 1 aliphatic carbocycles. The van der Waals surface area contributed by atoms with Gasteiger partial charge in [0.2, 0.25) is 0 Å². The topological polar surface area (TPSA) is 12.0 Å². The third-order valence-corrected chi connectivity index (χ3v) is 3.18. The number of benzene rings is 1. The molecule has 0 radical (unpaired) electrons. The Morgan fingerprint density at radius 2 is 1.62 bits per heavy atom. The van der Waals surface area contributed by atoms with Gasteiger partial charge in [-0.05, 0) is 30.9 Å². The molecule has 0 spiro atoms. The molecule has 1 aromatic rings. The van der Waals surface area contributed by atoms with Crippen molar-refractivity contribution in [1.29, 1.82) is 0 Å². The van der Waals surface area contributed by atoms with Gasteiger partial charge in [0.25, 0.3) is 0 Å². The predicted molar refractivity (Wildman–Crippen MR) is 61.4 cm³/mol. The first-order valence-electron chi connectivity index (χ1n) is 5.94. The van der Waals surface area contributed by atoms with Gasteiger partial charge in [-0.3, -0.25) is 0 Å². The lowest BCUT2D eigenvalue weighted by Crippen LogP contribution is -2.17. The smallest absolute Gasteiger partial charge is 0.128 e. The van der Waals surface area contributed by atoms with Crippen molar-refractivity contribution < 1.29 is 8.78 Å². The number of anilines is 1. The first-order valence-corrected chi connectivity index (χ1v) is 5.94. The average Bonchev–Trinajstić information content (AvgIpc) is 2.27. The number of halogens is 2. The molecule has 1 aliphatic rings. The summed E-state index contributed by atoms with van der Waals surface area (Å²) in [7, 11) is 0. The molecule has 0 aromatic heterocycles. The Bertz CT molecular complexity index is 326. The van der Waals surface area contributed by atoms with Crippen LogP contribution in [0.1, 0.15) is 32.1 Å². The molecule has 2 rings (SSSR count). The molecule has 0 bridgehead atoms. The molecule has 0 saturated heterocycles. The van der Waals surface area contributed by atoms with Gasteiger partial charge in [0.15, 0.2) is 0 Å². The van der Waals surface area contributed by atoms with E-state index in [-0.39, 0.29) is 0 Å². The van der Waals surface area contributed by atoms with E-state index in [0.29, 0.717) is 11.6 Å². The van der Waals surface area contributed by atoms with Gasteiger partial charge in [-0.1, -0.05) is 19.3 Å². The van der Waals surface area contributed by atoms with Crippen LogP contribution in [0.25, 0.3) is 0 Å². The highest BCUT2D eigenvalue weighted by Gasteiger charge is 2.13. The summed E-state index contributed by atoms with van der Waals surface area (Å²) in [6.45, 7) is 0.822. The molecule has 3 heteroatoms. The Balaban J connectivity index is 1.88. The van der Waals surface area contributed by atoms with Crippen LogP contribution in [0.15, 0.2) is 18.2 Å². The molecule has 1 nitrogen and oxygen atoms in total. The molecule has 1 saturated carbocycles. The zero-order chi connectivity index (χ0) is 11.4. The van der Waals surface area contributed by atoms with Gasteiger partial charge in [0.1, 0.15) is 11.6 Å². The van der Waals surface area contributed by atoms with Crippen molar-refractivity contribution >= 4 is 5.69 Å². The minimum Gasteiger partial charge on any atom is -0.385 e. The summed E-state index contributed by atoms with van der Waals surface area (Å²) < 4.78 is 25.8. The van der Waals surface area contributed by atoms with E-state index in [0.717, 1.165) is 12.6 Å². The van der Waals surface area contributed by atoms with Crippen LogP contribution in [0.3, 0.4) is 0 Å². The highest BCUT2D eigenvalue weighted by Crippen LogP contribution is 2.24. The lowest BCUT2D eigenvalue weighted by atomic mass is 9.89. The number of nitrogens with one attached hydrogen (secondary N) is 1. The third kappa shape index (κ3) is 3.19. The molecule has 0 aliphatic heterocycles. The summed E-state index contributed by atoms with van der Waals surface area (Å²) >= 11 is 0. The first kappa shape index (κ1) is 11.4. The average molecular weight is 225 g/mol. The molecular formula is C13H17F2N. The Kier molecular flexibility index (Phi) is 3.75. The molecule has 88 valence electrons. The highest BCUT2D eigenvalue weighted by atomic mass is 19.1. The third-order valence-electron chi connectivity index (χ3n) is 3.18. The summed E-state index contributed by atoms with van der Waals surface area (Å²) in [4.78, 5) is 0. The minimum atomic E-state index is -0.522. The monoisotopic (exact) mass is 225 g/mol. The fraction of sp³-hybridized carbons (Fsp3) is 0.538. The van der Waals surface area contributed by atoms with Crippen molar-refractivity contribution in [2.45, 2.75) is 32.1 Å². The van der Waals surface area contributed by atoms with Gasteiger partial charge in [0.05, 0.1) is 0 Å². The molecular weight excluding hydrogens is 208 g/mol. The van der Waals surface area contributed by atoms with Crippen molar-refractivity contribution in [3.05, 3.63) is 29.8 Å². The SMILES string of the molecule is Fc1cc(F)cc(NCC2CCCCC2)c1. The first-order chi connectivity index (χ1) is 7.74. The molecule has 1 aromatic carbocycles. The van der Waals surface area contributed by atoms with Gasteiger partial charge in [-0.2, -0.15) is 0 Å². The fourth-order valence-electron chi connectivity index (χ4n) is 2.31. The standard InChI is InChI=1S/C13H17F2N/c14-11-6-12(15)8-13(7-11)16-9-10-4-2-1-3-5-10/h6-8,10,16H,1-5,9H2. The predicted octanol–water partition coefficient (Wildman–Crippen LogP) is 3.96. The van der Waals surface area contributed by atoms with Crippen LogP contribution in [0.5, 0.6) is 0 Å². The van der Waals surface area contributed by atoms with Crippen molar-refractivity contribution in [3.8, 4) is 0 Å². The van der Waals surface area contributed by atoms with Crippen LogP contribution < -0.4 is 5.32 Å². The molecule has 0 atom stereocenters. The van der Waals surface area contributed by atoms with Crippen molar-refractivity contribution in [3.63, 3.8) is 0 Å². The van der Waals surface area contributed by atoms with Crippen LogP contribution in [0, 0.1) is 17.6 Å². The van der Waals surface area contributed by atoms with E-state index >= 15 is 0 Å². The zero-order valence-corrected chi connectivity index (χ0v) is 9.31. The zero-order valence-electron chi connectivity index (χ0n) is 9.31. The van der Waals surface area contributed by atoms with Crippen LogP contribution in [0.2, 0.25) is 0 Å². The van der Waals surface area contributed by atoms with Crippen LogP contribution in [-0.2, 0) is 0 Å². The van der Waals surface area contributed by atoms with E-state index in [4.69, 9.17) is 0 Å². The molecule has 16 heavy (non-hydrogen) atoms. The minimum absolute atomic E-state index is 0.522. The van der Waals surface area contributed by atoms with Crippen molar-refractivity contribution in [1.82, 2.24) is 0 Å². The number of hydrogen-bond acceptors (Lipinski definition) is 1. The largest absolute Gasteiger partial charge is 0.385 e. The summed E-state index contributed by atoms with van der Waals surface area (Å²) in [5, 5.41) is 3.12. The Morgan fingerprint density at radius 1 is 1.00 bits per heavy atom. The maximum absolute atomic E-state index is 12.9. The summed E-state index contributed by atoms with van der Waals surface area (Å²) in [6, 6.07) is 3.57. The van der Waals surface area contributed by atoms with E-state index in [9.17, 15) is 8.78 Å². The maximum atomic E-state index is 12.9. The van der Waals surface area contributed by atoms with Gasteiger partial charge < -0.3 is 5.32 Å². The highest BCUT2D eigenvalue weighted by molar-refractivity contribution is 5.43. The Hall–Kier alpha value is -1.12. The Morgan fingerprint density at radius 3 is 2.25 bits per heavy atom. The van der Waals surface area contributed by atoms with E-state index < -0.39 is 11.6 Å². The quantitative estimate of drug-likeness (QED) is 0.821. The molecule has 0 amide bonds. The van der Waals surface area contributed by atoms with Gasteiger partial charge in [-0.25, -0.2) is 8.78 Å². The maximum Gasteiger partial charge on any atom is 0.128 e. The van der Waals surface area contributed by atoms with Gasteiger partial charge in [0, 0.05) is 18.3 Å².